The summed E-state index contributed by atoms with van der Waals surface area (Å²) in [7, 11) is 0. The zero-order valence-electron chi connectivity index (χ0n) is 12.8. The van der Waals surface area contributed by atoms with Gasteiger partial charge in [-0.15, -0.1) is 5.10 Å². The van der Waals surface area contributed by atoms with Crippen LogP contribution >= 0.6 is 11.8 Å². The molecule has 2 aromatic heterocycles. The van der Waals surface area contributed by atoms with E-state index in [0.29, 0.717) is 11.7 Å². The van der Waals surface area contributed by atoms with Crippen LogP contribution in [0, 0.1) is 0 Å². The number of nitrogens with one attached hydrogen (secondary N) is 2. The van der Waals surface area contributed by atoms with E-state index in [1.54, 1.807) is 10.8 Å². The molecule has 2 N–H and O–H groups in total. The van der Waals surface area contributed by atoms with E-state index in [9.17, 15) is 4.79 Å². The summed E-state index contributed by atoms with van der Waals surface area (Å²) in [5.41, 5.74) is 0.941. The van der Waals surface area contributed by atoms with Crippen molar-refractivity contribution in [1.29, 1.82) is 0 Å². The first-order valence-corrected chi connectivity index (χ1v) is 7.74. The van der Waals surface area contributed by atoms with Crippen molar-refractivity contribution >= 4 is 11.8 Å². The van der Waals surface area contributed by atoms with Gasteiger partial charge in [0.1, 0.15) is 5.03 Å². The minimum atomic E-state index is -0.190. The van der Waals surface area contributed by atoms with Crippen molar-refractivity contribution in [3.05, 3.63) is 34.4 Å². The van der Waals surface area contributed by atoms with Gasteiger partial charge in [-0.25, -0.2) is 14.9 Å². The number of hydrogen-bond donors (Lipinski definition) is 2. The van der Waals surface area contributed by atoms with Crippen LogP contribution in [0.15, 0.2) is 33.3 Å². The lowest BCUT2D eigenvalue weighted by molar-refractivity contribution is 0.422. The molecule has 6 nitrogen and oxygen atoms in total. The Hall–Kier alpha value is -1.60. The molecule has 0 bridgehead atoms. The van der Waals surface area contributed by atoms with E-state index < -0.39 is 0 Å². The Morgan fingerprint density at radius 3 is 2.86 bits per heavy atom. The van der Waals surface area contributed by atoms with Gasteiger partial charge < -0.3 is 5.32 Å². The third-order valence-corrected chi connectivity index (χ3v) is 3.94. The van der Waals surface area contributed by atoms with Crippen LogP contribution < -0.4 is 11.0 Å². The Kier molecular flexibility index (Phi) is 4.84. The minimum absolute atomic E-state index is 0.0373. The van der Waals surface area contributed by atoms with Crippen molar-refractivity contribution < 1.29 is 0 Å². The van der Waals surface area contributed by atoms with E-state index in [0.717, 1.165) is 17.1 Å². The number of pyridine rings is 1. The molecule has 114 valence electrons. The lowest BCUT2D eigenvalue weighted by Gasteiger charge is -2.21. The second-order valence-corrected chi connectivity index (χ2v) is 6.68. The second-order valence-electron chi connectivity index (χ2n) is 5.73. The largest absolute Gasteiger partial charge is 0.343 e. The minimum Gasteiger partial charge on any atom is -0.308 e. The molecule has 0 unspecified atom stereocenters. The Morgan fingerprint density at radius 1 is 1.43 bits per heavy atom. The highest BCUT2D eigenvalue weighted by Gasteiger charge is 2.14. The van der Waals surface area contributed by atoms with Crippen LogP contribution in [0.5, 0.6) is 0 Å². The second kappa shape index (κ2) is 6.44. The predicted molar refractivity (Wildman–Crippen MR) is 83.5 cm³/mol. The van der Waals surface area contributed by atoms with Crippen molar-refractivity contribution in [3.63, 3.8) is 0 Å². The van der Waals surface area contributed by atoms with Gasteiger partial charge in [-0.2, -0.15) is 0 Å². The number of aromatic nitrogens is 4. The third-order valence-electron chi connectivity index (χ3n) is 2.89. The highest BCUT2D eigenvalue weighted by molar-refractivity contribution is 7.99. The molecule has 0 spiro atoms. The van der Waals surface area contributed by atoms with Gasteiger partial charge in [0.05, 0.1) is 0 Å². The first kappa shape index (κ1) is 15.8. The zero-order chi connectivity index (χ0) is 15.5. The van der Waals surface area contributed by atoms with E-state index in [2.05, 4.69) is 41.3 Å². The summed E-state index contributed by atoms with van der Waals surface area (Å²) in [4.78, 5) is 16.0. The standard InChI is InChI=1S/C14H21N5OS/c1-5-19-12(20)17-18-13(19)21-11-10(7-6-8-15-11)9-16-14(2,3)4/h6-8,16H,5,9H2,1-4H3,(H,17,20). The average Bonchev–Trinajstić information content (AvgIpc) is 2.77. The summed E-state index contributed by atoms with van der Waals surface area (Å²) in [5.74, 6) is 0. The summed E-state index contributed by atoms with van der Waals surface area (Å²) in [6.07, 6.45) is 1.75. The summed E-state index contributed by atoms with van der Waals surface area (Å²) in [6, 6.07) is 3.95. The quantitative estimate of drug-likeness (QED) is 0.884. The fourth-order valence-corrected chi connectivity index (χ4v) is 2.73. The van der Waals surface area contributed by atoms with Gasteiger partial charge in [-0.1, -0.05) is 6.07 Å². The van der Waals surface area contributed by atoms with Crippen molar-refractivity contribution in [1.82, 2.24) is 25.1 Å². The Labute approximate surface area is 128 Å². The van der Waals surface area contributed by atoms with Crippen LogP contribution in [-0.2, 0) is 13.1 Å². The van der Waals surface area contributed by atoms with Crippen LogP contribution in [0.4, 0.5) is 0 Å². The first-order valence-electron chi connectivity index (χ1n) is 6.92. The van der Waals surface area contributed by atoms with E-state index in [-0.39, 0.29) is 11.2 Å². The number of nitrogens with zero attached hydrogens (tertiary/aromatic N) is 3. The smallest absolute Gasteiger partial charge is 0.308 e. The summed E-state index contributed by atoms with van der Waals surface area (Å²) < 4.78 is 1.60. The van der Waals surface area contributed by atoms with Crippen molar-refractivity contribution in [2.45, 2.75) is 56.5 Å². The maximum atomic E-state index is 11.6. The average molecular weight is 307 g/mol. The van der Waals surface area contributed by atoms with E-state index in [1.165, 1.54) is 11.8 Å². The van der Waals surface area contributed by atoms with Crippen LogP contribution in [0.1, 0.15) is 33.3 Å². The van der Waals surface area contributed by atoms with Gasteiger partial charge in [-0.05, 0) is 51.1 Å². The van der Waals surface area contributed by atoms with Crippen molar-refractivity contribution in [3.8, 4) is 0 Å². The molecule has 0 saturated heterocycles. The highest BCUT2D eigenvalue weighted by atomic mass is 32.2. The summed E-state index contributed by atoms with van der Waals surface area (Å²) >= 11 is 1.41. The Bertz CT molecular complexity index is 656. The van der Waals surface area contributed by atoms with Crippen molar-refractivity contribution in [2.24, 2.45) is 0 Å². The first-order chi connectivity index (χ1) is 9.90. The molecular weight excluding hydrogens is 286 g/mol. The number of hydrogen-bond acceptors (Lipinski definition) is 5. The number of aromatic amines is 1. The molecule has 0 fully saturated rings. The van der Waals surface area contributed by atoms with E-state index >= 15 is 0 Å². The maximum absolute atomic E-state index is 11.6. The molecule has 0 aliphatic carbocycles. The monoisotopic (exact) mass is 307 g/mol. The highest BCUT2D eigenvalue weighted by Crippen LogP contribution is 2.26. The molecule has 0 amide bonds. The molecule has 0 aliphatic heterocycles. The molecule has 21 heavy (non-hydrogen) atoms. The fourth-order valence-electron chi connectivity index (χ4n) is 1.76. The number of rotatable bonds is 5. The van der Waals surface area contributed by atoms with Gasteiger partial charge in [0.25, 0.3) is 0 Å². The van der Waals surface area contributed by atoms with Gasteiger partial charge in [0.15, 0.2) is 5.16 Å². The van der Waals surface area contributed by atoms with Crippen LogP contribution in [0.3, 0.4) is 0 Å². The van der Waals surface area contributed by atoms with Crippen LogP contribution in [0.2, 0.25) is 0 Å². The molecule has 0 saturated carbocycles. The maximum Gasteiger partial charge on any atom is 0.343 e. The molecule has 0 atom stereocenters. The molecule has 7 heteroatoms. The van der Waals surface area contributed by atoms with Crippen molar-refractivity contribution in [2.75, 3.05) is 0 Å². The topological polar surface area (TPSA) is 75.6 Å². The number of H-pyrrole nitrogens is 1. The van der Waals surface area contributed by atoms with E-state index in [1.807, 2.05) is 19.1 Å². The zero-order valence-corrected chi connectivity index (χ0v) is 13.6. The molecule has 0 aliphatic rings. The summed E-state index contributed by atoms with van der Waals surface area (Å²) in [6.45, 7) is 9.60. The third kappa shape index (κ3) is 4.18. The molecule has 0 aromatic carbocycles. The van der Waals surface area contributed by atoms with Gasteiger partial charge in [-0.3, -0.25) is 4.57 Å². The molecule has 2 rings (SSSR count). The molecule has 2 heterocycles. The Morgan fingerprint density at radius 2 is 2.19 bits per heavy atom. The van der Waals surface area contributed by atoms with Crippen LogP contribution in [-0.4, -0.2) is 25.3 Å². The van der Waals surface area contributed by atoms with E-state index in [4.69, 9.17) is 0 Å². The van der Waals surface area contributed by atoms with Gasteiger partial charge >= 0.3 is 5.69 Å². The van der Waals surface area contributed by atoms with Gasteiger partial charge in [0, 0.05) is 24.8 Å². The lowest BCUT2D eigenvalue weighted by Crippen LogP contribution is -2.35. The Balaban J connectivity index is 2.22. The lowest BCUT2D eigenvalue weighted by atomic mass is 10.1. The SMILES string of the molecule is CCn1c(Sc2ncccc2CNC(C)(C)C)n[nH]c1=O. The van der Waals surface area contributed by atoms with Crippen LogP contribution in [0.25, 0.3) is 0 Å². The molecule has 2 aromatic rings. The molecule has 0 radical (unpaired) electrons. The fraction of sp³-hybridized carbons (Fsp3) is 0.500. The summed E-state index contributed by atoms with van der Waals surface area (Å²) in [5, 5.41) is 11.5. The van der Waals surface area contributed by atoms with Gasteiger partial charge in [0.2, 0.25) is 0 Å². The normalized spacial score (nSPS) is 11.8. The molecular formula is C14H21N5OS. The predicted octanol–water partition coefficient (Wildman–Crippen LogP) is 2.03.